The van der Waals surface area contributed by atoms with E-state index in [0.29, 0.717) is 18.4 Å². The molecule has 0 aromatic rings. The second-order valence-corrected chi connectivity index (χ2v) is 4.23. The van der Waals surface area contributed by atoms with Gasteiger partial charge in [0.15, 0.2) is 0 Å². The van der Waals surface area contributed by atoms with Gasteiger partial charge in [0.1, 0.15) is 0 Å². The Labute approximate surface area is 68.8 Å². The standard InChI is InChI=1S/C9H19NO/c1-6(2)8(11)9(5-10)4-7(9)3/h6-8,11H,4-5,10H2,1-3H3/t7-,8+,9-/m1/s1. The molecule has 1 aliphatic rings. The van der Waals surface area contributed by atoms with Gasteiger partial charge < -0.3 is 10.8 Å². The summed E-state index contributed by atoms with van der Waals surface area (Å²) in [6, 6.07) is 0. The van der Waals surface area contributed by atoms with Gasteiger partial charge in [0, 0.05) is 12.0 Å². The van der Waals surface area contributed by atoms with Gasteiger partial charge in [0.05, 0.1) is 6.10 Å². The molecule has 66 valence electrons. The van der Waals surface area contributed by atoms with Crippen molar-refractivity contribution in [1.29, 1.82) is 0 Å². The fourth-order valence-electron chi connectivity index (χ4n) is 1.99. The zero-order chi connectivity index (χ0) is 8.65. The van der Waals surface area contributed by atoms with Crippen molar-refractivity contribution in [2.45, 2.75) is 33.3 Å². The summed E-state index contributed by atoms with van der Waals surface area (Å²) in [4.78, 5) is 0. The highest BCUT2D eigenvalue weighted by Gasteiger charge is 2.55. The molecule has 0 saturated heterocycles. The Morgan fingerprint density at radius 3 is 2.18 bits per heavy atom. The second kappa shape index (κ2) is 2.76. The van der Waals surface area contributed by atoms with Crippen molar-refractivity contribution in [3.63, 3.8) is 0 Å². The third-order valence-electron chi connectivity index (χ3n) is 3.11. The van der Waals surface area contributed by atoms with Crippen LogP contribution >= 0.6 is 0 Å². The van der Waals surface area contributed by atoms with E-state index >= 15 is 0 Å². The zero-order valence-electron chi connectivity index (χ0n) is 7.67. The van der Waals surface area contributed by atoms with E-state index in [0.717, 1.165) is 6.42 Å². The van der Waals surface area contributed by atoms with Gasteiger partial charge in [-0.15, -0.1) is 0 Å². The molecule has 2 nitrogen and oxygen atoms in total. The SMILES string of the molecule is CC(C)[C@H](O)[C@@]1(CN)C[C@H]1C. The molecule has 3 atom stereocenters. The number of hydrogen-bond donors (Lipinski definition) is 2. The summed E-state index contributed by atoms with van der Waals surface area (Å²) in [5.41, 5.74) is 5.70. The molecule has 0 bridgehead atoms. The van der Waals surface area contributed by atoms with E-state index in [-0.39, 0.29) is 11.5 Å². The molecule has 1 saturated carbocycles. The Morgan fingerprint density at radius 1 is 1.64 bits per heavy atom. The smallest absolute Gasteiger partial charge is 0.0634 e. The van der Waals surface area contributed by atoms with Crippen LogP contribution in [0.25, 0.3) is 0 Å². The average Bonchev–Trinajstić information content (AvgIpc) is 2.61. The van der Waals surface area contributed by atoms with Crippen LogP contribution in [-0.2, 0) is 0 Å². The van der Waals surface area contributed by atoms with E-state index in [9.17, 15) is 5.11 Å². The van der Waals surface area contributed by atoms with E-state index in [1.807, 2.05) is 13.8 Å². The molecule has 1 aliphatic carbocycles. The van der Waals surface area contributed by atoms with Crippen molar-refractivity contribution in [3.05, 3.63) is 0 Å². The van der Waals surface area contributed by atoms with Crippen molar-refractivity contribution in [1.82, 2.24) is 0 Å². The molecule has 1 fully saturated rings. The van der Waals surface area contributed by atoms with Gasteiger partial charge in [0.2, 0.25) is 0 Å². The molecular weight excluding hydrogens is 138 g/mol. The summed E-state index contributed by atoms with van der Waals surface area (Å²) in [6.07, 6.45) is 0.894. The van der Waals surface area contributed by atoms with Crippen LogP contribution in [0.4, 0.5) is 0 Å². The first kappa shape index (κ1) is 9.01. The lowest BCUT2D eigenvalue weighted by molar-refractivity contribution is 0.0474. The average molecular weight is 157 g/mol. The molecule has 0 radical (unpaired) electrons. The molecule has 3 N–H and O–H groups in total. The first-order valence-electron chi connectivity index (χ1n) is 4.42. The number of hydrogen-bond acceptors (Lipinski definition) is 2. The first-order valence-corrected chi connectivity index (χ1v) is 4.42. The van der Waals surface area contributed by atoms with E-state index in [1.54, 1.807) is 0 Å². The predicted octanol–water partition coefficient (Wildman–Crippen LogP) is 0.988. The summed E-state index contributed by atoms with van der Waals surface area (Å²) in [6.45, 7) is 6.90. The lowest BCUT2D eigenvalue weighted by Gasteiger charge is -2.24. The maximum absolute atomic E-state index is 9.81. The van der Waals surface area contributed by atoms with Crippen LogP contribution in [0.2, 0.25) is 0 Å². The van der Waals surface area contributed by atoms with Gasteiger partial charge in [-0.1, -0.05) is 20.8 Å². The Bertz CT molecular complexity index is 142. The molecule has 0 unspecified atom stereocenters. The fourth-order valence-corrected chi connectivity index (χ4v) is 1.99. The van der Waals surface area contributed by atoms with Crippen molar-refractivity contribution in [3.8, 4) is 0 Å². The second-order valence-electron chi connectivity index (χ2n) is 4.23. The number of nitrogens with two attached hydrogens (primary N) is 1. The van der Waals surface area contributed by atoms with Gasteiger partial charge in [-0.2, -0.15) is 0 Å². The molecule has 11 heavy (non-hydrogen) atoms. The highest BCUT2D eigenvalue weighted by atomic mass is 16.3. The first-order chi connectivity index (χ1) is 5.04. The van der Waals surface area contributed by atoms with Crippen molar-refractivity contribution in [2.24, 2.45) is 23.0 Å². The van der Waals surface area contributed by atoms with Crippen molar-refractivity contribution >= 4 is 0 Å². The Kier molecular flexibility index (Phi) is 2.26. The molecule has 0 spiro atoms. The van der Waals surface area contributed by atoms with Gasteiger partial charge >= 0.3 is 0 Å². The number of aliphatic hydroxyl groups is 1. The number of rotatable bonds is 3. The Hall–Kier alpha value is -0.0800. The summed E-state index contributed by atoms with van der Waals surface area (Å²) in [5.74, 6) is 0.952. The van der Waals surface area contributed by atoms with Crippen LogP contribution in [0.15, 0.2) is 0 Å². The van der Waals surface area contributed by atoms with E-state index in [2.05, 4.69) is 6.92 Å². The largest absolute Gasteiger partial charge is 0.392 e. The summed E-state index contributed by atoms with van der Waals surface area (Å²) >= 11 is 0. The molecule has 0 heterocycles. The Balaban J connectivity index is 2.58. The van der Waals surface area contributed by atoms with Gasteiger partial charge in [-0.25, -0.2) is 0 Å². The third-order valence-corrected chi connectivity index (χ3v) is 3.11. The van der Waals surface area contributed by atoms with Crippen molar-refractivity contribution < 1.29 is 5.11 Å². The Morgan fingerprint density at radius 2 is 2.09 bits per heavy atom. The molecule has 0 amide bonds. The quantitative estimate of drug-likeness (QED) is 0.641. The van der Waals surface area contributed by atoms with Crippen LogP contribution in [0.1, 0.15) is 27.2 Å². The molecule has 0 aromatic carbocycles. The van der Waals surface area contributed by atoms with Crippen LogP contribution in [0.3, 0.4) is 0 Å². The van der Waals surface area contributed by atoms with Crippen molar-refractivity contribution in [2.75, 3.05) is 6.54 Å². The van der Waals surface area contributed by atoms with Gasteiger partial charge in [-0.3, -0.25) is 0 Å². The normalized spacial score (nSPS) is 39.3. The lowest BCUT2D eigenvalue weighted by Crippen LogP contribution is -2.35. The minimum absolute atomic E-state index is 0.0637. The highest BCUT2D eigenvalue weighted by molar-refractivity contribution is 5.05. The molecule has 2 heteroatoms. The molecular formula is C9H19NO. The predicted molar refractivity (Wildman–Crippen MR) is 46.1 cm³/mol. The van der Waals surface area contributed by atoms with Gasteiger partial charge in [0.25, 0.3) is 0 Å². The van der Waals surface area contributed by atoms with Crippen LogP contribution in [0, 0.1) is 17.3 Å². The maximum atomic E-state index is 9.81. The van der Waals surface area contributed by atoms with Crippen LogP contribution < -0.4 is 5.73 Å². The van der Waals surface area contributed by atoms with Gasteiger partial charge in [-0.05, 0) is 18.3 Å². The number of aliphatic hydroxyl groups excluding tert-OH is 1. The highest BCUT2D eigenvalue weighted by Crippen LogP contribution is 2.55. The zero-order valence-corrected chi connectivity index (χ0v) is 7.67. The summed E-state index contributed by atoms with van der Waals surface area (Å²) in [5, 5.41) is 9.81. The molecule has 0 aliphatic heterocycles. The molecule has 1 rings (SSSR count). The minimum atomic E-state index is -0.206. The third kappa shape index (κ3) is 1.30. The minimum Gasteiger partial charge on any atom is -0.392 e. The van der Waals surface area contributed by atoms with E-state index in [4.69, 9.17) is 5.73 Å². The van der Waals surface area contributed by atoms with Crippen LogP contribution in [0.5, 0.6) is 0 Å². The topological polar surface area (TPSA) is 46.2 Å². The van der Waals surface area contributed by atoms with E-state index in [1.165, 1.54) is 0 Å². The monoisotopic (exact) mass is 157 g/mol. The fraction of sp³-hybridized carbons (Fsp3) is 1.00. The summed E-state index contributed by atoms with van der Waals surface area (Å²) < 4.78 is 0. The lowest BCUT2D eigenvalue weighted by atomic mass is 9.88. The maximum Gasteiger partial charge on any atom is 0.0634 e. The summed E-state index contributed by atoms with van der Waals surface area (Å²) in [7, 11) is 0. The van der Waals surface area contributed by atoms with Crippen LogP contribution in [-0.4, -0.2) is 17.8 Å². The van der Waals surface area contributed by atoms with E-state index < -0.39 is 0 Å². The molecule has 0 aromatic heterocycles.